The first kappa shape index (κ1) is 41.1. The molecule has 0 radical (unpaired) electrons. The van der Waals surface area contributed by atoms with Crippen molar-refractivity contribution in [3.8, 4) is 22.1 Å². The van der Waals surface area contributed by atoms with Crippen molar-refractivity contribution in [2.45, 2.75) is 33.1 Å². The van der Waals surface area contributed by atoms with E-state index in [2.05, 4.69) is 0 Å². The third-order valence-corrected chi connectivity index (χ3v) is 15.3. The van der Waals surface area contributed by atoms with E-state index in [0.717, 1.165) is 37.6 Å². The second kappa shape index (κ2) is 14.3. The molecule has 64 heavy (non-hydrogen) atoms. The molecule has 5 aliphatic rings. The van der Waals surface area contributed by atoms with E-state index in [1.807, 2.05) is 31.2 Å². The van der Waals surface area contributed by atoms with E-state index in [9.17, 15) is 34.9 Å². The maximum atomic E-state index is 15.3. The summed E-state index contributed by atoms with van der Waals surface area (Å²) in [6, 6.07) is 14.0. The Balaban J connectivity index is 1.08. The van der Waals surface area contributed by atoms with Gasteiger partial charge in [-0.15, -0.1) is 11.3 Å². The van der Waals surface area contributed by atoms with E-state index in [1.165, 1.54) is 46.0 Å². The van der Waals surface area contributed by atoms with E-state index in [0.29, 0.717) is 33.2 Å². The summed E-state index contributed by atoms with van der Waals surface area (Å²) in [5.41, 5.74) is 0.0519. The third kappa shape index (κ3) is 5.77. The Bertz CT molecular complexity index is 3030. The lowest BCUT2D eigenvalue weighted by Crippen LogP contribution is -2.51. The highest BCUT2D eigenvalue weighted by atomic mass is 35.5. The van der Waals surface area contributed by atoms with E-state index >= 15 is 9.59 Å². The molecule has 326 valence electrons. The number of hydrogen-bond donors (Lipinski definition) is 1. The zero-order valence-electron chi connectivity index (χ0n) is 34.9. The standard InChI is InChI=1S/C45H38ClN7O10S/c1-20-28-14-23(46)6-11-35(28)64-40(20)31-18-36(49(5)47-31)51-42(56)30-17-29-26(38(45(30,2)44(51)58)22-12-21-13-25(54)7-10-34(21)63-19-22)8-9-27-37(29)43(57)50(41(27)55)24-15-32(52(59)60)39(48(3)4)33(16-24)53(61)62/h6-8,10-11,13-16,18-19,27,29-30,37-38,54H,9,12,17H2,1-5H3/t27-,29+,30-,37-,38-,45+/m0/s1. The zero-order chi connectivity index (χ0) is 45.4. The van der Waals surface area contributed by atoms with Gasteiger partial charge in [0.05, 0.1) is 49.8 Å². The predicted octanol–water partition coefficient (Wildman–Crippen LogP) is 7.64. The Labute approximate surface area is 373 Å². The maximum absolute atomic E-state index is 15.3. The molecule has 3 aromatic carbocycles. The topological polar surface area (TPSA) is 212 Å². The van der Waals surface area contributed by atoms with E-state index < -0.39 is 79.9 Å². The van der Waals surface area contributed by atoms with Crippen molar-refractivity contribution >= 4 is 85.2 Å². The lowest BCUT2D eigenvalue weighted by atomic mass is 9.51. The number of fused-ring (bicyclic) bond motifs is 6. The van der Waals surface area contributed by atoms with Gasteiger partial charge in [-0.25, -0.2) is 9.80 Å². The second-order valence-electron chi connectivity index (χ2n) is 17.4. The highest BCUT2D eigenvalue weighted by Gasteiger charge is 2.68. The van der Waals surface area contributed by atoms with Crippen LogP contribution < -0.4 is 19.4 Å². The molecule has 0 unspecified atom stereocenters. The third-order valence-electron chi connectivity index (χ3n) is 13.8. The van der Waals surface area contributed by atoms with Crippen molar-refractivity contribution in [1.29, 1.82) is 0 Å². The number of aromatic hydroxyl groups is 1. The first-order valence-electron chi connectivity index (χ1n) is 20.4. The molecule has 1 saturated carbocycles. The summed E-state index contributed by atoms with van der Waals surface area (Å²) in [5, 5.41) is 41.4. The van der Waals surface area contributed by atoms with Crippen LogP contribution in [0.5, 0.6) is 11.5 Å². The highest BCUT2D eigenvalue weighted by Crippen LogP contribution is 2.63. The van der Waals surface area contributed by atoms with Crippen LogP contribution in [0, 0.1) is 62.2 Å². The molecule has 19 heteroatoms. The summed E-state index contributed by atoms with van der Waals surface area (Å²) in [6.07, 6.45) is 3.69. The van der Waals surface area contributed by atoms with Gasteiger partial charge in [-0.1, -0.05) is 23.3 Å². The largest absolute Gasteiger partial charge is 0.508 e. The van der Waals surface area contributed by atoms with Gasteiger partial charge >= 0.3 is 11.4 Å². The number of carbonyl (C=O) groups is 4. The minimum absolute atomic E-state index is 0.000197. The van der Waals surface area contributed by atoms with Crippen molar-refractivity contribution in [2.24, 2.45) is 42.1 Å². The Morgan fingerprint density at radius 1 is 0.953 bits per heavy atom. The van der Waals surface area contributed by atoms with Crippen LogP contribution in [-0.2, 0) is 32.6 Å². The zero-order valence-corrected chi connectivity index (χ0v) is 36.5. The maximum Gasteiger partial charge on any atom is 0.301 e. The number of aryl methyl sites for hydroxylation is 2. The molecule has 0 bridgehead atoms. The van der Waals surface area contributed by atoms with Crippen LogP contribution in [0.15, 0.2) is 78.1 Å². The summed E-state index contributed by atoms with van der Waals surface area (Å²) in [4.78, 5) is 86.7. The number of thiophene rings is 1. The van der Waals surface area contributed by atoms with Crippen molar-refractivity contribution in [3.05, 3.63) is 114 Å². The van der Waals surface area contributed by atoms with Crippen molar-refractivity contribution < 1.29 is 38.9 Å². The first-order valence-corrected chi connectivity index (χ1v) is 21.6. The molecule has 5 heterocycles. The predicted molar refractivity (Wildman–Crippen MR) is 236 cm³/mol. The number of ether oxygens (including phenoxy) is 1. The minimum Gasteiger partial charge on any atom is -0.508 e. The number of amides is 4. The number of nitro groups is 2. The lowest BCUT2D eigenvalue weighted by Gasteiger charge is -2.49. The number of nitrogens with zero attached hydrogens (tertiary/aromatic N) is 7. The second-order valence-corrected chi connectivity index (χ2v) is 18.9. The molecule has 3 fully saturated rings. The molecule has 1 N–H and O–H groups in total. The number of anilines is 3. The van der Waals surface area contributed by atoms with Gasteiger partial charge in [0.2, 0.25) is 23.6 Å². The van der Waals surface area contributed by atoms with Crippen LogP contribution in [0.4, 0.5) is 28.6 Å². The smallest absolute Gasteiger partial charge is 0.301 e. The number of benzene rings is 3. The molecule has 2 saturated heterocycles. The van der Waals surface area contributed by atoms with E-state index in [-0.39, 0.29) is 42.2 Å². The number of carbonyl (C=O) groups excluding carboxylic acids is 4. The van der Waals surface area contributed by atoms with Gasteiger partial charge in [0.1, 0.15) is 23.0 Å². The number of halogens is 1. The number of phenolic OH excluding ortho intramolecular Hbond substituents is 1. The van der Waals surface area contributed by atoms with Crippen LogP contribution in [0.1, 0.15) is 30.9 Å². The lowest BCUT2D eigenvalue weighted by molar-refractivity contribution is -0.392. The average molecular weight is 904 g/mol. The van der Waals surface area contributed by atoms with Gasteiger partial charge in [0.25, 0.3) is 0 Å². The first-order chi connectivity index (χ1) is 30.4. The molecular weight excluding hydrogens is 866 g/mol. The average Bonchev–Trinajstić information content (AvgIpc) is 3.92. The molecule has 0 spiro atoms. The highest BCUT2D eigenvalue weighted by molar-refractivity contribution is 7.22. The molecule has 4 amide bonds. The fourth-order valence-electron chi connectivity index (χ4n) is 11.0. The van der Waals surface area contributed by atoms with Crippen LogP contribution in [0.25, 0.3) is 20.7 Å². The summed E-state index contributed by atoms with van der Waals surface area (Å²) < 4.78 is 8.61. The number of rotatable bonds is 7. The van der Waals surface area contributed by atoms with E-state index in [4.69, 9.17) is 21.4 Å². The fraction of sp³-hybridized carbons (Fsp3) is 0.311. The number of imide groups is 2. The Hall–Kier alpha value is -6.92. The number of phenols is 1. The van der Waals surface area contributed by atoms with Crippen molar-refractivity contribution in [2.75, 3.05) is 28.8 Å². The number of hydrogen-bond acceptors (Lipinski definition) is 13. The molecule has 10 rings (SSSR count). The van der Waals surface area contributed by atoms with Crippen LogP contribution in [-0.4, -0.2) is 62.5 Å². The quantitative estimate of drug-likeness (QED) is 0.0723. The SMILES string of the molecule is Cc1c(-c2cc(N3C(=O)[C@@H]4C[C@@H]5C(=CC[C@@H]6C(=O)N(c7cc([N+](=O)[O-])c(N(C)C)c([N+](=O)[O-])c7)C(=O)[C@@H]65)[C@H](C5=COc6ccc(O)cc6C5)[C@]4(C)C3=O)n(C)n2)sc2ccc(Cl)cc12. The van der Waals surface area contributed by atoms with Gasteiger partial charge in [-0.2, -0.15) is 5.10 Å². The summed E-state index contributed by atoms with van der Waals surface area (Å²) in [6.45, 7) is 3.71. The van der Waals surface area contributed by atoms with Gasteiger partial charge in [0.15, 0.2) is 5.69 Å². The normalized spacial score (nSPS) is 24.8. The molecule has 5 aromatic rings. The molecular formula is C45H38ClN7O10S. The Morgan fingerprint density at radius 2 is 1.67 bits per heavy atom. The van der Waals surface area contributed by atoms with Crippen molar-refractivity contribution in [1.82, 2.24) is 9.78 Å². The number of allylic oxidation sites excluding steroid dienone is 3. The summed E-state index contributed by atoms with van der Waals surface area (Å²) >= 11 is 7.84. The van der Waals surface area contributed by atoms with Crippen LogP contribution >= 0.6 is 22.9 Å². The van der Waals surface area contributed by atoms with Gasteiger partial charge in [0, 0.05) is 67.0 Å². The van der Waals surface area contributed by atoms with Gasteiger partial charge in [-0.3, -0.25) is 44.1 Å². The number of nitro benzene ring substituents is 2. The Morgan fingerprint density at radius 3 is 2.36 bits per heavy atom. The van der Waals surface area contributed by atoms with Crippen LogP contribution in [0.2, 0.25) is 5.02 Å². The fourth-order valence-corrected chi connectivity index (χ4v) is 12.3. The molecule has 6 atom stereocenters. The van der Waals surface area contributed by atoms with Crippen molar-refractivity contribution in [3.63, 3.8) is 0 Å². The minimum atomic E-state index is -1.43. The monoisotopic (exact) mass is 903 g/mol. The van der Waals surface area contributed by atoms with Crippen LogP contribution in [0.3, 0.4) is 0 Å². The summed E-state index contributed by atoms with van der Waals surface area (Å²) in [5.74, 6) is -6.29. The number of aromatic nitrogens is 2. The molecule has 17 nitrogen and oxygen atoms in total. The molecule has 2 aliphatic carbocycles. The van der Waals surface area contributed by atoms with E-state index in [1.54, 1.807) is 38.4 Å². The summed E-state index contributed by atoms with van der Waals surface area (Å²) in [7, 11) is 4.49. The van der Waals surface area contributed by atoms with Gasteiger partial charge < -0.3 is 14.7 Å². The Kier molecular flexibility index (Phi) is 9.19. The van der Waals surface area contributed by atoms with Gasteiger partial charge in [-0.05, 0) is 85.5 Å². The molecule has 3 aliphatic heterocycles. The molecule has 2 aromatic heterocycles.